The number of hydrogen-bond acceptors (Lipinski definition) is 2. The van der Waals surface area contributed by atoms with E-state index in [1.54, 1.807) is 7.11 Å². The molecule has 84 valence electrons. The second-order valence-corrected chi connectivity index (χ2v) is 3.77. The van der Waals surface area contributed by atoms with Crippen LogP contribution in [0.1, 0.15) is 25.3 Å². The molecule has 0 aliphatic carbocycles. The molecule has 15 heavy (non-hydrogen) atoms. The molecule has 0 aromatic heterocycles. The van der Waals surface area contributed by atoms with Gasteiger partial charge in [-0.05, 0) is 24.8 Å². The number of ether oxygens (including phenoxy) is 1. The maximum Gasteiger partial charge on any atom is 0.0827 e. The zero-order valence-corrected chi connectivity index (χ0v) is 9.52. The summed E-state index contributed by atoms with van der Waals surface area (Å²) in [6.07, 6.45) is 2.12. The second kappa shape index (κ2) is 6.59. The van der Waals surface area contributed by atoms with Crippen molar-refractivity contribution in [2.45, 2.75) is 38.4 Å². The van der Waals surface area contributed by atoms with Crippen LogP contribution in [0.2, 0.25) is 0 Å². The van der Waals surface area contributed by atoms with Crippen molar-refractivity contribution >= 4 is 0 Å². The van der Waals surface area contributed by atoms with Gasteiger partial charge in [-0.3, -0.25) is 0 Å². The molecule has 0 amide bonds. The minimum absolute atomic E-state index is 0.0336. The molecule has 1 aromatic rings. The number of aryl methyl sites for hydroxylation is 1. The maximum absolute atomic E-state index is 9.85. The van der Waals surface area contributed by atoms with Gasteiger partial charge in [0.1, 0.15) is 0 Å². The molecule has 2 unspecified atom stereocenters. The Kier molecular flexibility index (Phi) is 5.37. The lowest BCUT2D eigenvalue weighted by Crippen LogP contribution is -2.27. The second-order valence-electron chi connectivity index (χ2n) is 3.77. The fourth-order valence-electron chi connectivity index (χ4n) is 1.74. The molecule has 2 nitrogen and oxygen atoms in total. The summed E-state index contributed by atoms with van der Waals surface area (Å²) in [5.74, 6) is 0. The third-order valence-electron chi connectivity index (χ3n) is 2.71. The van der Waals surface area contributed by atoms with Gasteiger partial charge in [0, 0.05) is 7.11 Å². The molecule has 0 aliphatic rings. The topological polar surface area (TPSA) is 29.5 Å². The summed E-state index contributed by atoms with van der Waals surface area (Å²) in [5.41, 5.74) is 1.27. The summed E-state index contributed by atoms with van der Waals surface area (Å²) in [5, 5.41) is 9.85. The van der Waals surface area contributed by atoms with E-state index < -0.39 is 0 Å². The van der Waals surface area contributed by atoms with E-state index in [2.05, 4.69) is 12.1 Å². The van der Waals surface area contributed by atoms with Crippen LogP contribution in [0.25, 0.3) is 0 Å². The molecule has 2 atom stereocenters. The fraction of sp³-hybridized carbons (Fsp3) is 0.538. The highest BCUT2D eigenvalue weighted by Gasteiger charge is 2.15. The Balaban J connectivity index is 2.36. The van der Waals surface area contributed by atoms with Crippen LogP contribution in [0.3, 0.4) is 0 Å². The van der Waals surface area contributed by atoms with Crippen LogP contribution >= 0.6 is 0 Å². The molecule has 0 saturated heterocycles. The van der Waals surface area contributed by atoms with Gasteiger partial charge in [0.25, 0.3) is 0 Å². The van der Waals surface area contributed by atoms with Crippen LogP contribution in [0.15, 0.2) is 30.3 Å². The lowest BCUT2D eigenvalue weighted by molar-refractivity contribution is -0.0169. The Labute approximate surface area is 91.9 Å². The third kappa shape index (κ3) is 4.02. The lowest BCUT2D eigenvalue weighted by atomic mass is 10.0. The van der Waals surface area contributed by atoms with Crippen LogP contribution in [-0.4, -0.2) is 24.4 Å². The Morgan fingerprint density at radius 2 is 1.93 bits per heavy atom. The SMILES string of the molecule is CCC(OC)C(O)CCc1ccccc1. The van der Waals surface area contributed by atoms with Gasteiger partial charge in [-0.15, -0.1) is 0 Å². The fourth-order valence-corrected chi connectivity index (χ4v) is 1.74. The van der Waals surface area contributed by atoms with Crippen LogP contribution in [0.4, 0.5) is 0 Å². The number of aliphatic hydroxyl groups excluding tert-OH is 1. The predicted molar refractivity (Wildman–Crippen MR) is 61.9 cm³/mol. The molecule has 2 heteroatoms. The number of methoxy groups -OCH3 is 1. The van der Waals surface area contributed by atoms with Crippen molar-refractivity contribution in [2.75, 3.05) is 7.11 Å². The lowest BCUT2D eigenvalue weighted by Gasteiger charge is -2.19. The van der Waals surface area contributed by atoms with Crippen molar-refractivity contribution in [1.82, 2.24) is 0 Å². The van der Waals surface area contributed by atoms with E-state index in [0.29, 0.717) is 0 Å². The first-order valence-electron chi connectivity index (χ1n) is 5.52. The molecule has 0 radical (unpaired) electrons. The minimum atomic E-state index is -0.361. The molecule has 0 aliphatic heterocycles. The Morgan fingerprint density at radius 1 is 1.27 bits per heavy atom. The Hall–Kier alpha value is -0.860. The first-order valence-corrected chi connectivity index (χ1v) is 5.52. The van der Waals surface area contributed by atoms with Gasteiger partial charge < -0.3 is 9.84 Å². The number of rotatable bonds is 6. The first kappa shape index (κ1) is 12.2. The van der Waals surface area contributed by atoms with Crippen LogP contribution < -0.4 is 0 Å². The highest BCUT2D eigenvalue weighted by molar-refractivity contribution is 5.14. The summed E-state index contributed by atoms with van der Waals surface area (Å²) in [6, 6.07) is 10.2. The maximum atomic E-state index is 9.85. The monoisotopic (exact) mass is 208 g/mol. The molecule has 0 spiro atoms. The van der Waals surface area contributed by atoms with E-state index in [9.17, 15) is 5.11 Å². The zero-order valence-electron chi connectivity index (χ0n) is 9.52. The number of benzene rings is 1. The summed E-state index contributed by atoms with van der Waals surface area (Å²) in [6.45, 7) is 2.03. The molecule has 1 aromatic carbocycles. The third-order valence-corrected chi connectivity index (χ3v) is 2.71. The molecule has 0 saturated carbocycles. The van der Waals surface area contributed by atoms with E-state index in [-0.39, 0.29) is 12.2 Å². The number of aliphatic hydroxyl groups is 1. The zero-order chi connectivity index (χ0) is 11.1. The summed E-state index contributed by atoms with van der Waals surface area (Å²) < 4.78 is 5.20. The molecular weight excluding hydrogens is 188 g/mol. The molecular formula is C13H20O2. The summed E-state index contributed by atoms with van der Waals surface area (Å²) >= 11 is 0. The largest absolute Gasteiger partial charge is 0.390 e. The average molecular weight is 208 g/mol. The summed E-state index contributed by atoms with van der Waals surface area (Å²) in [7, 11) is 1.65. The van der Waals surface area contributed by atoms with E-state index in [1.807, 2.05) is 25.1 Å². The smallest absolute Gasteiger partial charge is 0.0827 e. The van der Waals surface area contributed by atoms with Crippen molar-refractivity contribution in [3.05, 3.63) is 35.9 Å². The standard InChI is InChI=1S/C13H20O2/c1-3-13(15-2)12(14)10-9-11-7-5-4-6-8-11/h4-8,12-14H,3,9-10H2,1-2H3. The molecule has 1 rings (SSSR count). The van der Waals surface area contributed by atoms with Gasteiger partial charge in [-0.2, -0.15) is 0 Å². The Morgan fingerprint density at radius 3 is 2.47 bits per heavy atom. The Bertz CT molecular complexity index is 254. The summed E-state index contributed by atoms with van der Waals surface area (Å²) in [4.78, 5) is 0. The van der Waals surface area contributed by atoms with Gasteiger partial charge in [0.2, 0.25) is 0 Å². The van der Waals surface area contributed by atoms with Crippen LogP contribution in [0, 0.1) is 0 Å². The van der Waals surface area contributed by atoms with Gasteiger partial charge in [0.15, 0.2) is 0 Å². The van der Waals surface area contributed by atoms with Gasteiger partial charge >= 0.3 is 0 Å². The predicted octanol–water partition coefficient (Wildman–Crippen LogP) is 2.41. The van der Waals surface area contributed by atoms with Crippen molar-refractivity contribution in [3.8, 4) is 0 Å². The first-order chi connectivity index (χ1) is 7.27. The van der Waals surface area contributed by atoms with E-state index in [1.165, 1.54) is 5.56 Å². The van der Waals surface area contributed by atoms with Crippen LogP contribution in [-0.2, 0) is 11.2 Å². The van der Waals surface area contributed by atoms with Crippen molar-refractivity contribution in [1.29, 1.82) is 0 Å². The quantitative estimate of drug-likeness (QED) is 0.778. The highest BCUT2D eigenvalue weighted by atomic mass is 16.5. The van der Waals surface area contributed by atoms with E-state index >= 15 is 0 Å². The highest BCUT2D eigenvalue weighted by Crippen LogP contribution is 2.11. The van der Waals surface area contributed by atoms with E-state index in [4.69, 9.17) is 4.74 Å². The average Bonchev–Trinajstić information content (AvgIpc) is 2.29. The molecule has 1 N–H and O–H groups in total. The number of hydrogen-bond donors (Lipinski definition) is 1. The van der Waals surface area contributed by atoms with Crippen molar-refractivity contribution in [3.63, 3.8) is 0 Å². The molecule has 0 bridgehead atoms. The molecule has 0 fully saturated rings. The molecule has 0 heterocycles. The van der Waals surface area contributed by atoms with Gasteiger partial charge in [0.05, 0.1) is 12.2 Å². The normalized spacial score (nSPS) is 14.9. The van der Waals surface area contributed by atoms with Crippen molar-refractivity contribution in [2.24, 2.45) is 0 Å². The van der Waals surface area contributed by atoms with Crippen LogP contribution in [0.5, 0.6) is 0 Å². The van der Waals surface area contributed by atoms with E-state index in [0.717, 1.165) is 19.3 Å². The van der Waals surface area contributed by atoms with Gasteiger partial charge in [-0.1, -0.05) is 37.3 Å². The van der Waals surface area contributed by atoms with Gasteiger partial charge in [-0.25, -0.2) is 0 Å². The van der Waals surface area contributed by atoms with Crippen molar-refractivity contribution < 1.29 is 9.84 Å². The minimum Gasteiger partial charge on any atom is -0.390 e.